The summed E-state index contributed by atoms with van der Waals surface area (Å²) in [5, 5.41) is 0. The summed E-state index contributed by atoms with van der Waals surface area (Å²) in [5.74, 6) is 1.06. The third kappa shape index (κ3) is 2.51. The van der Waals surface area contributed by atoms with Crippen molar-refractivity contribution >= 4 is 5.82 Å². The van der Waals surface area contributed by atoms with Gasteiger partial charge in [-0.15, -0.1) is 0 Å². The number of anilines is 1. The summed E-state index contributed by atoms with van der Waals surface area (Å²) in [6.45, 7) is 6.30. The lowest BCUT2D eigenvalue weighted by Crippen LogP contribution is -2.44. The molecule has 16 heavy (non-hydrogen) atoms. The molecule has 0 saturated carbocycles. The molecule has 1 aliphatic rings. The van der Waals surface area contributed by atoms with E-state index >= 15 is 0 Å². The zero-order chi connectivity index (χ0) is 11.5. The summed E-state index contributed by atoms with van der Waals surface area (Å²) < 4.78 is 0. The van der Waals surface area contributed by atoms with Crippen molar-refractivity contribution in [2.75, 3.05) is 38.1 Å². The molecule has 1 saturated heterocycles. The Labute approximate surface area is 97.1 Å². The highest BCUT2D eigenvalue weighted by atomic mass is 15.3. The first kappa shape index (κ1) is 11.4. The molecule has 0 aliphatic carbocycles. The van der Waals surface area contributed by atoms with E-state index in [1.54, 1.807) is 0 Å². The van der Waals surface area contributed by atoms with Crippen LogP contribution in [0.4, 0.5) is 5.82 Å². The van der Waals surface area contributed by atoms with Crippen LogP contribution in [0, 0.1) is 0 Å². The van der Waals surface area contributed by atoms with E-state index in [0.717, 1.165) is 37.6 Å². The fraction of sp³-hybridized carbons (Fsp3) is 0.583. The van der Waals surface area contributed by atoms with Gasteiger partial charge in [-0.2, -0.15) is 0 Å². The standard InChI is InChI=1S/C12H20N4/c1-10(13)11-3-4-14-12(9-11)16-7-5-15(2)6-8-16/h3-4,9-10H,5-8,13H2,1-2H3/t10-/m1/s1. The zero-order valence-electron chi connectivity index (χ0n) is 10.1. The predicted octanol–water partition coefficient (Wildman–Crippen LogP) is 0.853. The van der Waals surface area contributed by atoms with Gasteiger partial charge in [-0.1, -0.05) is 0 Å². The van der Waals surface area contributed by atoms with E-state index in [4.69, 9.17) is 5.73 Å². The molecular weight excluding hydrogens is 200 g/mol. The third-order valence-corrected chi connectivity index (χ3v) is 3.12. The van der Waals surface area contributed by atoms with Crippen molar-refractivity contribution in [1.29, 1.82) is 0 Å². The van der Waals surface area contributed by atoms with Crippen LogP contribution >= 0.6 is 0 Å². The second kappa shape index (κ2) is 4.80. The Bertz CT molecular complexity index is 343. The van der Waals surface area contributed by atoms with Crippen molar-refractivity contribution in [3.8, 4) is 0 Å². The van der Waals surface area contributed by atoms with Gasteiger partial charge >= 0.3 is 0 Å². The van der Waals surface area contributed by atoms with E-state index in [1.807, 2.05) is 19.2 Å². The van der Waals surface area contributed by atoms with Crippen LogP contribution in [-0.4, -0.2) is 43.1 Å². The first-order valence-corrected chi connectivity index (χ1v) is 5.82. The predicted molar refractivity (Wildman–Crippen MR) is 66.5 cm³/mol. The molecule has 1 aromatic rings. The molecule has 88 valence electrons. The van der Waals surface area contributed by atoms with Gasteiger partial charge in [-0.05, 0) is 31.7 Å². The Morgan fingerprint density at radius 3 is 2.62 bits per heavy atom. The molecule has 1 atom stereocenters. The lowest BCUT2D eigenvalue weighted by molar-refractivity contribution is 0.312. The second-order valence-electron chi connectivity index (χ2n) is 4.53. The number of aromatic nitrogens is 1. The van der Waals surface area contributed by atoms with Crippen LogP contribution in [0.2, 0.25) is 0 Å². The van der Waals surface area contributed by atoms with Crippen LogP contribution < -0.4 is 10.6 Å². The average Bonchev–Trinajstić information content (AvgIpc) is 2.30. The van der Waals surface area contributed by atoms with E-state index in [2.05, 4.69) is 27.9 Å². The lowest BCUT2D eigenvalue weighted by atomic mass is 10.1. The minimum atomic E-state index is 0.0780. The number of rotatable bonds is 2. The van der Waals surface area contributed by atoms with Crippen molar-refractivity contribution in [3.63, 3.8) is 0 Å². The van der Waals surface area contributed by atoms with Crippen molar-refractivity contribution in [2.45, 2.75) is 13.0 Å². The van der Waals surface area contributed by atoms with Crippen molar-refractivity contribution in [2.24, 2.45) is 5.73 Å². The molecule has 1 fully saturated rings. The van der Waals surface area contributed by atoms with Crippen LogP contribution in [0.3, 0.4) is 0 Å². The Hall–Kier alpha value is -1.13. The molecule has 0 amide bonds. The van der Waals surface area contributed by atoms with Gasteiger partial charge in [0.15, 0.2) is 0 Å². The largest absolute Gasteiger partial charge is 0.354 e. The summed E-state index contributed by atoms with van der Waals surface area (Å²) >= 11 is 0. The first-order valence-electron chi connectivity index (χ1n) is 5.82. The van der Waals surface area contributed by atoms with Crippen LogP contribution in [0.25, 0.3) is 0 Å². The van der Waals surface area contributed by atoms with Crippen molar-refractivity contribution in [1.82, 2.24) is 9.88 Å². The molecule has 2 rings (SSSR count). The minimum absolute atomic E-state index is 0.0780. The van der Waals surface area contributed by atoms with E-state index in [0.29, 0.717) is 0 Å². The van der Waals surface area contributed by atoms with Gasteiger partial charge in [0.1, 0.15) is 5.82 Å². The number of hydrogen-bond donors (Lipinski definition) is 1. The van der Waals surface area contributed by atoms with Gasteiger partial charge in [0, 0.05) is 38.4 Å². The molecular formula is C12H20N4. The SMILES string of the molecule is C[C@@H](N)c1ccnc(N2CCN(C)CC2)c1. The topological polar surface area (TPSA) is 45.4 Å². The number of pyridine rings is 1. The Balaban J connectivity index is 2.11. The maximum atomic E-state index is 5.88. The normalized spacial score (nSPS) is 19.8. The van der Waals surface area contributed by atoms with Crippen molar-refractivity contribution in [3.05, 3.63) is 23.9 Å². The molecule has 1 aromatic heterocycles. The van der Waals surface area contributed by atoms with Crippen LogP contribution in [0.5, 0.6) is 0 Å². The third-order valence-electron chi connectivity index (χ3n) is 3.12. The quantitative estimate of drug-likeness (QED) is 0.802. The summed E-state index contributed by atoms with van der Waals surface area (Å²) in [7, 11) is 2.16. The lowest BCUT2D eigenvalue weighted by Gasteiger charge is -2.33. The van der Waals surface area contributed by atoms with E-state index in [-0.39, 0.29) is 6.04 Å². The maximum Gasteiger partial charge on any atom is 0.128 e. The molecule has 0 spiro atoms. The van der Waals surface area contributed by atoms with Gasteiger partial charge in [0.05, 0.1) is 0 Å². The van der Waals surface area contributed by atoms with Gasteiger partial charge in [0.25, 0.3) is 0 Å². The highest BCUT2D eigenvalue weighted by molar-refractivity contribution is 5.42. The smallest absolute Gasteiger partial charge is 0.128 e. The van der Waals surface area contributed by atoms with Crippen LogP contribution in [0.15, 0.2) is 18.3 Å². The highest BCUT2D eigenvalue weighted by Gasteiger charge is 2.15. The zero-order valence-corrected chi connectivity index (χ0v) is 10.1. The Morgan fingerprint density at radius 2 is 2.00 bits per heavy atom. The first-order chi connectivity index (χ1) is 7.66. The molecule has 2 N–H and O–H groups in total. The number of nitrogens with zero attached hydrogens (tertiary/aromatic N) is 3. The highest BCUT2D eigenvalue weighted by Crippen LogP contribution is 2.17. The Kier molecular flexibility index (Phi) is 3.41. The molecule has 4 nitrogen and oxygen atoms in total. The average molecular weight is 220 g/mol. The summed E-state index contributed by atoms with van der Waals surface area (Å²) in [5.41, 5.74) is 7.04. The number of nitrogens with two attached hydrogens (primary N) is 1. The maximum absolute atomic E-state index is 5.88. The van der Waals surface area contributed by atoms with E-state index in [1.165, 1.54) is 0 Å². The molecule has 0 radical (unpaired) electrons. The molecule has 1 aliphatic heterocycles. The van der Waals surface area contributed by atoms with Gasteiger partial charge in [-0.3, -0.25) is 0 Å². The number of hydrogen-bond acceptors (Lipinski definition) is 4. The van der Waals surface area contributed by atoms with E-state index in [9.17, 15) is 0 Å². The molecule has 2 heterocycles. The van der Waals surface area contributed by atoms with Gasteiger partial charge in [-0.25, -0.2) is 4.98 Å². The minimum Gasteiger partial charge on any atom is -0.354 e. The molecule has 0 unspecified atom stereocenters. The monoisotopic (exact) mass is 220 g/mol. The number of piperazine rings is 1. The van der Waals surface area contributed by atoms with Crippen LogP contribution in [0.1, 0.15) is 18.5 Å². The molecule has 4 heteroatoms. The summed E-state index contributed by atoms with van der Waals surface area (Å²) in [6.07, 6.45) is 1.85. The molecule has 0 bridgehead atoms. The van der Waals surface area contributed by atoms with Crippen molar-refractivity contribution < 1.29 is 0 Å². The van der Waals surface area contributed by atoms with E-state index < -0.39 is 0 Å². The van der Waals surface area contributed by atoms with Crippen LogP contribution in [-0.2, 0) is 0 Å². The van der Waals surface area contributed by atoms with Gasteiger partial charge < -0.3 is 15.5 Å². The number of likely N-dealkylation sites (N-methyl/N-ethyl adjacent to an activating group) is 1. The molecule has 0 aromatic carbocycles. The fourth-order valence-corrected chi connectivity index (χ4v) is 1.93. The Morgan fingerprint density at radius 1 is 1.31 bits per heavy atom. The fourth-order valence-electron chi connectivity index (χ4n) is 1.93. The van der Waals surface area contributed by atoms with Gasteiger partial charge in [0.2, 0.25) is 0 Å². The second-order valence-corrected chi connectivity index (χ2v) is 4.53. The summed E-state index contributed by atoms with van der Waals surface area (Å²) in [6, 6.07) is 4.18. The summed E-state index contributed by atoms with van der Waals surface area (Å²) in [4.78, 5) is 9.09.